The van der Waals surface area contributed by atoms with Gasteiger partial charge in [0.25, 0.3) is 11.8 Å². The van der Waals surface area contributed by atoms with E-state index in [9.17, 15) is 9.59 Å². The third kappa shape index (κ3) is 5.28. The van der Waals surface area contributed by atoms with Crippen LogP contribution in [0, 0.1) is 0 Å². The molecule has 2 fully saturated rings. The maximum atomic E-state index is 12.5. The molecule has 0 spiro atoms. The lowest BCUT2D eigenvalue weighted by atomic mass is 9.95. The van der Waals surface area contributed by atoms with Crippen LogP contribution in [0.4, 0.5) is 0 Å². The average molecular weight is 343 g/mol. The number of hydrogen-bond donors (Lipinski definition) is 2. The van der Waals surface area contributed by atoms with Gasteiger partial charge in [-0.15, -0.1) is 0 Å². The summed E-state index contributed by atoms with van der Waals surface area (Å²) in [6.07, 6.45) is 14.2. The van der Waals surface area contributed by atoms with Gasteiger partial charge in [-0.25, -0.2) is 0 Å². The second-order valence-electron chi connectivity index (χ2n) is 7.40. The molecule has 1 heterocycles. The van der Waals surface area contributed by atoms with Crippen molar-refractivity contribution in [3.8, 4) is 0 Å². The molecule has 0 aliphatic heterocycles. The Balaban J connectivity index is 1.59. The summed E-state index contributed by atoms with van der Waals surface area (Å²) in [5, 5.41) is 6.18. The topological polar surface area (TPSA) is 71.1 Å². The van der Waals surface area contributed by atoms with Gasteiger partial charge in [0.1, 0.15) is 5.69 Å². The van der Waals surface area contributed by atoms with Crippen LogP contribution in [-0.2, 0) is 0 Å². The van der Waals surface area contributed by atoms with Crippen molar-refractivity contribution in [2.45, 2.75) is 82.7 Å². The van der Waals surface area contributed by atoms with E-state index in [-0.39, 0.29) is 23.9 Å². The molecule has 5 nitrogen and oxygen atoms in total. The number of amides is 2. The van der Waals surface area contributed by atoms with Crippen molar-refractivity contribution in [1.29, 1.82) is 0 Å². The van der Waals surface area contributed by atoms with E-state index in [1.807, 2.05) is 0 Å². The normalized spacial score (nSPS) is 19.8. The van der Waals surface area contributed by atoms with Gasteiger partial charge < -0.3 is 10.6 Å². The summed E-state index contributed by atoms with van der Waals surface area (Å²) in [5.74, 6) is -0.267. The molecule has 0 unspecified atom stereocenters. The number of hydrogen-bond acceptors (Lipinski definition) is 3. The first-order valence-corrected chi connectivity index (χ1v) is 9.80. The molecule has 2 aliphatic rings. The molecule has 5 heteroatoms. The molecule has 0 bridgehead atoms. The molecule has 2 saturated carbocycles. The van der Waals surface area contributed by atoms with Crippen molar-refractivity contribution in [1.82, 2.24) is 15.6 Å². The van der Waals surface area contributed by atoms with E-state index >= 15 is 0 Å². The van der Waals surface area contributed by atoms with E-state index in [1.165, 1.54) is 44.9 Å². The Hall–Kier alpha value is -1.91. The Morgan fingerprint density at radius 1 is 0.800 bits per heavy atom. The molecule has 25 heavy (non-hydrogen) atoms. The van der Waals surface area contributed by atoms with E-state index in [4.69, 9.17) is 0 Å². The molecule has 2 aliphatic carbocycles. The maximum absolute atomic E-state index is 12.5. The molecule has 0 aromatic carbocycles. The zero-order chi connectivity index (χ0) is 17.5. The summed E-state index contributed by atoms with van der Waals surface area (Å²) in [6.45, 7) is 0. The van der Waals surface area contributed by atoms with Gasteiger partial charge in [0.15, 0.2) is 0 Å². The van der Waals surface area contributed by atoms with Crippen LogP contribution in [0.2, 0.25) is 0 Å². The van der Waals surface area contributed by atoms with Gasteiger partial charge in [-0.2, -0.15) is 0 Å². The highest BCUT2D eigenvalue weighted by Crippen LogP contribution is 2.19. The van der Waals surface area contributed by atoms with E-state index in [2.05, 4.69) is 15.6 Å². The molecular formula is C20H29N3O2. The number of carbonyl (C=O) groups is 2. The van der Waals surface area contributed by atoms with Crippen LogP contribution < -0.4 is 10.6 Å². The number of aromatic nitrogens is 1. The Labute approximate surface area is 150 Å². The number of pyridine rings is 1. The second-order valence-corrected chi connectivity index (χ2v) is 7.40. The van der Waals surface area contributed by atoms with Crippen LogP contribution >= 0.6 is 0 Å². The molecule has 0 radical (unpaired) electrons. The van der Waals surface area contributed by atoms with E-state index in [1.54, 1.807) is 18.3 Å². The zero-order valence-electron chi connectivity index (χ0n) is 14.9. The molecule has 2 amide bonds. The number of nitrogens with one attached hydrogen (secondary N) is 2. The standard InChI is InChI=1S/C20H29N3O2/c24-19(22-16-10-6-3-7-11-16)15-12-13-21-18(14-15)20(25)23-17-8-4-1-2-5-9-17/h12-14,16-17H,1-11H2,(H,22,24)(H,23,25). The smallest absolute Gasteiger partial charge is 0.270 e. The van der Waals surface area contributed by atoms with Crippen LogP contribution in [0.1, 0.15) is 91.5 Å². The van der Waals surface area contributed by atoms with Gasteiger partial charge >= 0.3 is 0 Å². The third-order valence-electron chi connectivity index (χ3n) is 5.39. The summed E-state index contributed by atoms with van der Waals surface area (Å²) in [4.78, 5) is 29.1. The fraction of sp³-hybridized carbons (Fsp3) is 0.650. The van der Waals surface area contributed by atoms with E-state index < -0.39 is 0 Å². The minimum Gasteiger partial charge on any atom is -0.349 e. The Kier molecular flexibility index (Phi) is 6.42. The molecule has 0 atom stereocenters. The monoisotopic (exact) mass is 343 g/mol. The van der Waals surface area contributed by atoms with Crippen molar-refractivity contribution in [3.63, 3.8) is 0 Å². The van der Waals surface area contributed by atoms with Crippen molar-refractivity contribution >= 4 is 11.8 Å². The summed E-state index contributed by atoms with van der Waals surface area (Å²) in [5.41, 5.74) is 0.854. The van der Waals surface area contributed by atoms with Crippen molar-refractivity contribution in [2.75, 3.05) is 0 Å². The molecule has 2 N–H and O–H groups in total. The van der Waals surface area contributed by atoms with Gasteiger partial charge in [-0.3, -0.25) is 14.6 Å². The summed E-state index contributed by atoms with van der Waals surface area (Å²) in [6, 6.07) is 3.79. The highest BCUT2D eigenvalue weighted by Gasteiger charge is 2.19. The molecule has 1 aromatic rings. The molecule has 1 aromatic heterocycles. The third-order valence-corrected chi connectivity index (χ3v) is 5.39. The summed E-state index contributed by atoms with van der Waals surface area (Å²) < 4.78 is 0. The van der Waals surface area contributed by atoms with Gasteiger partial charge in [0, 0.05) is 23.8 Å². The Morgan fingerprint density at radius 2 is 1.32 bits per heavy atom. The molecule has 3 rings (SSSR count). The van der Waals surface area contributed by atoms with Gasteiger partial charge in [-0.1, -0.05) is 44.9 Å². The molecule has 136 valence electrons. The first-order chi connectivity index (χ1) is 12.2. The largest absolute Gasteiger partial charge is 0.349 e. The van der Waals surface area contributed by atoms with Crippen LogP contribution in [0.3, 0.4) is 0 Å². The van der Waals surface area contributed by atoms with Crippen molar-refractivity contribution in [2.24, 2.45) is 0 Å². The van der Waals surface area contributed by atoms with Crippen LogP contribution in [0.5, 0.6) is 0 Å². The lowest BCUT2D eigenvalue weighted by molar-refractivity contribution is 0.0927. The number of rotatable bonds is 4. The van der Waals surface area contributed by atoms with Crippen molar-refractivity contribution < 1.29 is 9.59 Å². The number of carbonyl (C=O) groups excluding carboxylic acids is 2. The fourth-order valence-corrected chi connectivity index (χ4v) is 3.89. The van der Waals surface area contributed by atoms with E-state index in [0.717, 1.165) is 25.7 Å². The quantitative estimate of drug-likeness (QED) is 0.821. The van der Waals surface area contributed by atoms with Crippen LogP contribution in [0.15, 0.2) is 18.3 Å². The first kappa shape index (κ1) is 17.9. The predicted octanol–water partition coefficient (Wildman–Crippen LogP) is 3.60. The lowest BCUT2D eigenvalue weighted by Gasteiger charge is -2.22. The highest BCUT2D eigenvalue weighted by molar-refractivity contribution is 5.98. The summed E-state index contributed by atoms with van der Waals surface area (Å²) in [7, 11) is 0. The van der Waals surface area contributed by atoms with Gasteiger partial charge in [0.05, 0.1) is 0 Å². The summed E-state index contributed by atoms with van der Waals surface area (Å²) >= 11 is 0. The van der Waals surface area contributed by atoms with E-state index in [0.29, 0.717) is 11.3 Å². The number of nitrogens with zero attached hydrogens (tertiary/aromatic N) is 1. The molecular weight excluding hydrogens is 314 g/mol. The second kappa shape index (κ2) is 8.97. The highest BCUT2D eigenvalue weighted by atomic mass is 16.2. The van der Waals surface area contributed by atoms with Crippen molar-refractivity contribution in [3.05, 3.63) is 29.6 Å². The van der Waals surface area contributed by atoms with Crippen LogP contribution in [0.25, 0.3) is 0 Å². The zero-order valence-corrected chi connectivity index (χ0v) is 14.9. The van der Waals surface area contributed by atoms with Crippen LogP contribution in [-0.4, -0.2) is 28.9 Å². The SMILES string of the molecule is O=C(NC1CCCCC1)c1ccnc(C(=O)NC2CCCCCC2)c1. The molecule has 0 saturated heterocycles. The fourth-order valence-electron chi connectivity index (χ4n) is 3.89. The maximum Gasteiger partial charge on any atom is 0.270 e. The van der Waals surface area contributed by atoms with Gasteiger partial charge in [-0.05, 0) is 37.8 Å². The Bertz CT molecular complexity index is 588. The predicted molar refractivity (Wildman–Crippen MR) is 97.5 cm³/mol. The lowest BCUT2D eigenvalue weighted by Crippen LogP contribution is -2.37. The average Bonchev–Trinajstić information content (AvgIpc) is 2.91. The Morgan fingerprint density at radius 3 is 1.92 bits per heavy atom. The minimum absolute atomic E-state index is 0.0992. The first-order valence-electron chi connectivity index (χ1n) is 9.80. The van der Waals surface area contributed by atoms with Gasteiger partial charge in [0.2, 0.25) is 0 Å². The minimum atomic E-state index is -0.167.